The van der Waals surface area contributed by atoms with Crippen molar-refractivity contribution in [3.63, 3.8) is 0 Å². The Morgan fingerprint density at radius 2 is 2.29 bits per heavy atom. The summed E-state index contributed by atoms with van der Waals surface area (Å²) < 4.78 is 19.6. The van der Waals surface area contributed by atoms with E-state index in [1.54, 1.807) is 12.1 Å². The Morgan fingerprint density at radius 1 is 1.53 bits per heavy atom. The summed E-state index contributed by atoms with van der Waals surface area (Å²) in [5.74, 6) is 0.213. The molecule has 2 rings (SSSR count). The van der Waals surface area contributed by atoms with Crippen molar-refractivity contribution in [3.05, 3.63) is 23.9 Å². The summed E-state index contributed by atoms with van der Waals surface area (Å²) in [5.41, 5.74) is -0.972. The highest BCUT2D eigenvalue weighted by atomic mass is 19.1. The molecule has 1 aliphatic rings. The molecule has 17 heavy (non-hydrogen) atoms. The number of rotatable bonds is 3. The third kappa shape index (κ3) is 2.92. The number of pyridine rings is 1. The van der Waals surface area contributed by atoms with Gasteiger partial charge in [0.2, 0.25) is 5.88 Å². The van der Waals surface area contributed by atoms with Crippen LogP contribution in [0, 0.1) is 11.3 Å². The summed E-state index contributed by atoms with van der Waals surface area (Å²) in [6.07, 6.45) is 2.40. The summed E-state index contributed by atoms with van der Waals surface area (Å²) in [6, 6.07) is 5.23. The molecule has 0 saturated carbocycles. The molecule has 1 saturated heterocycles. The molecule has 1 aromatic heterocycles. The molecule has 0 aromatic carbocycles. The van der Waals surface area contributed by atoms with Gasteiger partial charge in [-0.15, -0.1) is 0 Å². The van der Waals surface area contributed by atoms with E-state index in [0.717, 1.165) is 0 Å². The number of alkyl halides is 1. The Morgan fingerprint density at radius 3 is 3.00 bits per heavy atom. The lowest BCUT2D eigenvalue weighted by molar-refractivity contribution is 0.0518. The predicted molar refractivity (Wildman–Crippen MR) is 60.4 cm³/mol. The molecule has 1 N–H and O–H groups in total. The first kappa shape index (κ1) is 11.8. The molecule has 0 atom stereocenters. The van der Waals surface area contributed by atoms with Crippen molar-refractivity contribution in [2.45, 2.75) is 18.5 Å². The Labute approximate surface area is 99.4 Å². The molecule has 0 bridgehead atoms. The number of piperidine rings is 1. The highest BCUT2D eigenvalue weighted by Gasteiger charge is 2.32. The average Bonchev–Trinajstić information content (AvgIpc) is 2.38. The molecule has 0 unspecified atom stereocenters. The van der Waals surface area contributed by atoms with Crippen LogP contribution < -0.4 is 10.1 Å². The van der Waals surface area contributed by atoms with Gasteiger partial charge in [0.1, 0.15) is 23.9 Å². The fourth-order valence-corrected chi connectivity index (χ4v) is 1.81. The Kier molecular flexibility index (Phi) is 3.55. The first-order valence-corrected chi connectivity index (χ1v) is 5.61. The molecule has 4 nitrogen and oxygen atoms in total. The fourth-order valence-electron chi connectivity index (χ4n) is 1.81. The molecule has 2 heterocycles. The van der Waals surface area contributed by atoms with Gasteiger partial charge in [0.05, 0.1) is 0 Å². The van der Waals surface area contributed by atoms with Gasteiger partial charge in [-0.05, 0) is 38.1 Å². The van der Waals surface area contributed by atoms with Gasteiger partial charge in [0.25, 0.3) is 0 Å². The topological polar surface area (TPSA) is 57.9 Å². The number of nitriles is 1. The quantitative estimate of drug-likeness (QED) is 0.861. The predicted octanol–water partition coefficient (Wildman–Crippen LogP) is 1.42. The van der Waals surface area contributed by atoms with Crippen molar-refractivity contribution in [1.82, 2.24) is 10.3 Å². The van der Waals surface area contributed by atoms with Gasteiger partial charge < -0.3 is 10.1 Å². The second-order valence-electron chi connectivity index (χ2n) is 4.16. The zero-order valence-electron chi connectivity index (χ0n) is 9.45. The highest BCUT2D eigenvalue weighted by molar-refractivity contribution is 5.37. The summed E-state index contributed by atoms with van der Waals surface area (Å²) >= 11 is 0. The fraction of sp³-hybridized carbons (Fsp3) is 0.500. The average molecular weight is 235 g/mol. The molecular weight excluding hydrogens is 221 g/mol. The zero-order chi connectivity index (χ0) is 12.1. The van der Waals surface area contributed by atoms with Gasteiger partial charge in [-0.2, -0.15) is 5.26 Å². The minimum Gasteiger partial charge on any atom is -0.473 e. The number of hydrogen-bond donors (Lipinski definition) is 1. The van der Waals surface area contributed by atoms with Crippen LogP contribution in [0.3, 0.4) is 0 Å². The molecule has 1 fully saturated rings. The number of hydrogen-bond acceptors (Lipinski definition) is 4. The van der Waals surface area contributed by atoms with E-state index in [1.807, 2.05) is 6.07 Å². The Bertz CT molecular complexity index is 424. The van der Waals surface area contributed by atoms with E-state index in [1.165, 1.54) is 6.20 Å². The first-order chi connectivity index (χ1) is 8.23. The van der Waals surface area contributed by atoms with Crippen LogP contribution in [-0.4, -0.2) is 30.3 Å². The molecule has 1 aliphatic heterocycles. The molecule has 0 radical (unpaired) electrons. The van der Waals surface area contributed by atoms with Crippen LogP contribution in [-0.2, 0) is 0 Å². The summed E-state index contributed by atoms with van der Waals surface area (Å²) in [4.78, 5) is 3.94. The van der Waals surface area contributed by atoms with Crippen LogP contribution in [0.4, 0.5) is 4.39 Å². The minimum absolute atomic E-state index is 0.0413. The zero-order valence-corrected chi connectivity index (χ0v) is 9.45. The maximum absolute atomic E-state index is 14.2. The normalized spacial score (nSPS) is 18.4. The van der Waals surface area contributed by atoms with Gasteiger partial charge in [-0.25, -0.2) is 9.37 Å². The molecule has 0 aliphatic carbocycles. The number of nitrogens with zero attached hydrogens (tertiary/aromatic N) is 2. The van der Waals surface area contributed by atoms with E-state index >= 15 is 0 Å². The minimum atomic E-state index is -1.31. The number of aromatic nitrogens is 1. The van der Waals surface area contributed by atoms with E-state index < -0.39 is 5.67 Å². The van der Waals surface area contributed by atoms with Crippen molar-refractivity contribution >= 4 is 0 Å². The number of nitrogens with one attached hydrogen (secondary N) is 1. The van der Waals surface area contributed by atoms with E-state index in [2.05, 4.69) is 10.3 Å². The van der Waals surface area contributed by atoms with Crippen LogP contribution in [0.15, 0.2) is 18.3 Å². The first-order valence-electron chi connectivity index (χ1n) is 5.61. The largest absolute Gasteiger partial charge is 0.473 e. The van der Waals surface area contributed by atoms with Crippen molar-refractivity contribution in [2.75, 3.05) is 19.7 Å². The molecule has 5 heteroatoms. The van der Waals surface area contributed by atoms with Crippen molar-refractivity contribution in [1.29, 1.82) is 5.26 Å². The SMILES string of the molecule is N#Cc1cccnc1OCC1(F)CCNCC1. The molecule has 1 aromatic rings. The smallest absolute Gasteiger partial charge is 0.231 e. The molecule has 0 spiro atoms. The van der Waals surface area contributed by atoms with Crippen molar-refractivity contribution in [2.24, 2.45) is 0 Å². The Balaban J connectivity index is 2.00. The van der Waals surface area contributed by atoms with Crippen LogP contribution >= 0.6 is 0 Å². The third-order valence-electron chi connectivity index (χ3n) is 2.86. The van der Waals surface area contributed by atoms with Crippen LogP contribution in [0.25, 0.3) is 0 Å². The lowest BCUT2D eigenvalue weighted by atomic mass is 9.96. The second kappa shape index (κ2) is 5.11. The van der Waals surface area contributed by atoms with E-state index in [-0.39, 0.29) is 12.5 Å². The molecular formula is C12H14FN3O. The maximum atomic E-state index is 14.2. The van der Waals surface area contributed by atoms with Gasteiger partial charge in [-0.3, -0.25) is 0 Å². The van der Waals surface area contributed by atoms with Crippen LogP contribution in [0.2, 0.25) is 0 Å². The molecule has 0 amide bonds. The van der Waals surface area contributed by atoms with Crippen molar-refractivity contribution < 1.29 is 9.13 Å². The van der Waals surface area contributed by atoms with E-state index in [4.69, 9.17) is 10.00 Å². The standard InChI is InChI=1S/C12H14FN3O/c13-12(3-6-15-7-4-12)9-17-11-10(8-14)2-1-5-16-11/h1-2,5,15H,3-4,6-7,9H2. The van der Waals surface area contributed by atoms with E-state index in [0.29, 0.717) is 31.5 Å². The van der Waals surface area contributed by atoms with Crippen LogP contribution in [0.1, 0.15) is 18.4 Å². The monoisotopic (exact) mass is 235 g/mol. The number of ether oxygens (including phenoxy) is 1. The lowest BCUT2D eigenvalue weighted by Gasteiger charge is -2.29. The van der Waals surface area contributed by atoms with Crippen LogP contribution in [0.5, 0.6) is 5.88 Å². The second-order valence-corrected chi connectivity index (χ2v) is 4.16. The molecule has 90 valence electrons. The lowest BCUT2D eigenvalue weighted by Crippen LogP contribution is -2.42. The van der Waals surface area contributed by atoms with Gasteiger partial charge >= 0.3 is 0 Å². The number of halogens is 1. The third-order valence-corrected chi connectivity index (χ3v) is 2.86. The Hall–Kier alpha value is -1.67. The summed E-state index contributed by atoms with van der Waals surface area (Å²) in [6.45, 7) is 1.28. The van der Waals surface area contributed by atoms with Gasteiger partial charge in [0.15, 0.2) is 0 Å². The van der Waals surface area contributed by atoms with Gasteiger partial charge in [-0.1, -0.05) is 0 Å². The van der Waals surface area contributed by atoms with E-state index in [9.17, 15) is 4.39 Å². The van der Waals surface area contributed by atoms with Crippen molar-refractivity contribution in [3.8, 4) is 11.9 Å². The highest BCUT2D eigenvalue weighted by Crippen LogP contribution is 2.24. The maximum Gasteiger partial charge on any atom is 0.231 e. The summed E-state index contributed by atoms with van der Waals surface area (Å²) in [5, 5.41) is 11.9. The summed E-state index contributed by atoms with van der Waals surface area (Å²) in [7, 11) is 0. The van der Waals surface area contributed by atoms with Gasteiger partial charge in [0, 0.05) is 6.20 Å².